The standard InChI is InChI=1S/C15H31N3O2/c1-11(2)18(12(3)4)15(20)10-17-9-14(19)7-13(17)8-16(5)6/h11-14,19H,7-10H2,1-6H3. The molecule has 5 heteroatoms. The fourth-order valence-electron chi connectivity index (χ4n) is 3.19. The van der Waals surface area contributed by atoms with E-state index in [1.165, 1.54) is 0 Å². The predicted molar refractivity (Wildman–Crippen MR) is 81.7 cm³/mol. The van der Waals surface area contributed by atoms with Gasteiger partial charge in [0.15, 0.2) is 0 Å². The van der Waals surface area contributed by atoms with Crippen LogP contribution < -0.4 is 0 Å². The zero-order valence-corrected chi connectivity index (χ0v) is 13.8. The summed E-state index contributed by atoms with van der Waals surface area (Å²) in [6.07, 6.45) is 0.453. The largest absolute Gasteiger partial charge is 0.392 e. The van der Waals surface area contributed by atoms with Crippen molar-refractivity contribution in [3.63, 3.8) is 0 Å². The van der Waals surface area contributed by atoms with Gasteiger partial charge < -0.3 is 14.9 Å². The van der Waals surface area contributed by atoms with E-state index in [9.17, 15) is 9.90 Å². The van der Waals surface area contributed by atoms with E-state index in [1.807, 2.05) is 46.7 Å². The minimum atomic E-state index is -0.306. The molecule has 0 aromatic heterocycles. The number of β-amino-alcohol motifs (C(OH)–C–C–N with tert-alkyl or cyclic N) is 1. The Labute approximate surface area is 123 Å². The lowest BCUT2D eigenvalue weighted by Gasteiger charge is -2.34. The van der Waals surface area contributed by atoms with Gasteiger partial charge in [-0.25, -0.2) is 0 Å². The zero-order valence-electron chi connectivity index (χ0n) is 13.8. The number of hydrogen-bond acceptors (Lipinski definition) is 4. The Morgan fingerprint density at radius 1 is 1.25 bits per heavy atom. The molecule has 1 aliphatic heterocycles. The molecule has 0 aliphatic carbocycles. The van der Waals surface area contributed by atoms with Crippen molar-refractivity contribution in [1.29, 1.82) is 0 Å². The molecule has 1 heterocycles. The van der Waals surface area contributed by atoms with Crippen molar-refractivity contribution in [3.8, 4) is 0 Å². The van der Waals surface area contributed by atoms with Crippen molar-refractivity contribution in [3.05, 3.63) is 0 Å². The molecule has 1 N–H and O–H groups in total. The summed E-state index contributed by atoms with van der Waals surface area (Å²) in [5.74, 6) is 0.160. The van der Waals surface area contributed by atoms with E-state index < -0.39 is 0 Å². The first-order valence-electron chi connectivity index (χ1n) is 7.60. The number of hydrogen-bond donors (Lipinski definition) is 1. The molecule has 1 saturated heterocycles. The van der Waals surface area contributed by atoms with Gasteiger partial charge in [0.05, 0.1) is 12.6 Å². The van der Waals surface area contributed by atoms with Gasteiger partial charge in [-0.05, 0) is 48.2 Å². The van der Waals surface area contributed by atoms with Gasteiger partial charge in [0.25, 0.3) is 0 Å². The Morgan fingerprint density at radius 3 is 2.25 bits per heavy atom. The molecular formula is C15H31N3O2. The Morgan fingerprint density at radius 2 is 1.80 bits per heavy atom. The Kier molecular flexibility index (Phi) is 6.43. The van der Waals surface area contributed by atoms with Gasteiger partial charge in [-0.3, -0.25) is 9.69 Å². The first-order valence-corrected chi connectivity index (χ1v) is 7.60. The summed E-state index contributed by atoms with van der Waals surface area (Å²) in [6.45, 7) is 10.1. The van der Waals surface area contributed by atoms with Gasteiger partial charge in [-0.2, -0.15) is 0 Å². The summed E-state index contributed by atoms with van der Waals surface area (Å²) in [4.78, 5) is 18.7. The first-order chi connectivity index (χ1) is 9.22. The molecule has 1 amide bonds. The van der Waals surface area contributed by atoms with E-state index >= 15 is 0 Å². The maximum absolute atomic E-state index is 12.5. The lowest BCUT2D eigenvalue weighted by atomic mass is 10.2. The van der Waals surface area contributed by atoms with Crippen molar-refractivity contribution in [2.24, 2.45) is 0 Å². The van der Waals surface area contributed by atoms with Gasteiger partial charge in [0, 0.05) is 31.2 Å². The second-order valence-electron chi connectivity index (χ2n) is 6.72. The number of likely N-dealkylation sites (tertiary alicyclic amines) is 1. The van der Waals surface area contributed by atoms with Gasteiger partial charge in [-0.1, -0.05) is 0 Å². The molecule has 5 nitrogen and oxygen atoms in total. The number of aliphatic hydroxyl groups excluding tert-OH is 1. The van der Waals surface area contributed by atoms with Crippen LogP contribution in [0.3, 0.4) is 0 Å². The molecule has 1 aliphatic rings. The monoisotopic (exact) mass is 285 g/mol. The number of aliphatic hydroxyl groups is 1. The van der Waals surface area contributed by atoms with Gasteiger partial charge in [-0.15, -0.1) is 0 Å². The van der Waals surface area contributed by atoms with Crippen LogP contribution in [0.5, 0.6) is 0 Å². The molecule has 0 radical (unpaired) electrons. The molecule has 0 bridgehead atoms. The number of nitrogens with zero attached hydrogens (tertiary/aromatic N) is 3. The second kappa shape index (κ2) is 7.38. The first kappa shape index (κ1) is 17.4. The fourth-order valence-corrected chi connectivity index (χ4v) is 3.19. The average Bonchev–Trinajstić information content (AvgIpc) is 2.56. The topological polar surface area (TPSA) is 47.0 Å². The average molecular weight is 285 g/mol. The highest BCUT2D eigenvalue weighted by molar-refractivity contribution is 5.79. The van der Waals surface area contributed by atoms with Crippen LogP contribution in [0.15, 0.2) is 0 Å². The second-order valence-corrected chi connectivity index (χ2v) is 6.72. The van der Waals surface area contributed by atoms with Crippen LogP contribution in [0.2, 0.25) is 0 Å². The fraction of sp³-hybridized carbons (Fsp3) is 0.933. The third-order valence-corrected chi connectivity index (χ3v) is 3.82. The van der Waals surface area contributed by atoms with Gasteiger partial charge in [0.1, 0.15) is 0 Å². The number of amides is 1. The van der Waals surface area contributed by atoms with Crippen molar-refractivity contribution < 1.29 is 9.90 Å². The van der Waals surface area contributed by atoms with E-state index in [4.69, 9.17) is 0 Å². The van der Waals surface area contributed by atoms with Gasteiger partial charge in [0.2, 0.25) is 5.91 Å². The molecule has 2 atom stereocenters. The van der Waals surface area contributed by atoms with Crippen molar-refractivity contribution >= 4 is 5.91 Å². The molecule has 20 heavy (non-hydrogen) atoms. The molecule has 0 saturated carbocycles. The summed E-state index contributed by atoms with van der Waals surface area (Å²) >= 11 is 0. The van der Waals surface area contributed by atoms with Crippen LogP contribution in [0.1, 0.15) is 34.1 Å². The number of carbonyl (C=O) groups is 1. The molecule has 0 aromatic rings. The van der Waals surface area contributed by atoms with Gasteiger partial charge >= 0.3 is 0 Å². The number of likely N-dealkylation sites (N-methyl/N-ethyl adjacent to an activating group) is 1. The summed E-state index contributed by atoms with van der Waals surface area (Å²) in [7, 11) is 4.05. The third kappa shape index (κ3) is 4.72. The van der Waals surface area contributed by atoms with Crippen LogP contribution in [-0.4, -0.2) is 83.7 Å². The molecule has 0 spiro atoms. The van der Waals surface area contributed by atoms with E-state index in [0.717, 1.165) is 13.0 Å². The lowest BCUT2D eigenvalue weighted by Crippen LogP contribution is -2.49. The van der Waals surface area contributed by atoms with E-state index in [0.29, 0.717) is 13.1 Å². The SMILES string of the molecule is CC(C)N(C(=O)CN1CC(O)CC1CN(C)C)C(C)C. The maximum atomic E-state index is 12.5. The molecular weight excluding hydrogens is 254 g/mol. The normalized spacial score (nSPS) is 24.1. The summed E-state index contributed by atoms with van der Waals surface area (Å²) in [6, 6.07) is 0.690. The Bertz CT molecular complexity index is 310. The van der Waals surface area contributed by atoms with Crippen LogP contribution in [0, 0.1) is 0 Å². The van der Waals surface area contributed by atoms with E-state index in [2.05, 4.69) is 9.80 Å². The molecule has 0 aromatic carbocycles. The predicted octanol–water partition coefficient (Wildman–Crippen LogP) is 0.629. The van der Waals surface area contributed by atoms with Crippen LogP contribution in [0.25, 0.3) is 0 Å². The Balaban J connectivity index is 2.67. The smallest absolute Gasteiger partial charge is 0.237 e. The van der Waals surface area contributed by atoms with Crippen molar-refractivity contribution in [2.75, 3.05) is 33.7 Å². The minimum Gasteiger partial charge on any atom is -0.392 e. The van der Waals surface area contributed by atoms with Crippen LogP contribution >= 0.6 is 0 Å². The van der Waals surface area contributed by atoms with Crippen LogP contribution in [-0.2, 0) is 4.79 Å². The summed E-state index contributed by atoms with van der Waals surface area (Å²) in [5, 5.41) is 9.87. The highest BCUT2D eigenvalue weighted by Gasteiger charge is 2.33. The van der Waals surface area contributed by atoms with Crippen molar-refractivity contribution in [1.82, 2.24) is 14.7 Å². The zero-order chi connectivity index (χ0) is 15.4. The number of rotatable bonds is 6. The Hall–Kier alpha value is -0.650. The molecule has 2 unspecified atom stereocenters. The van der Waals surface area contributed by atoms with E-state index in [-0.39, 0.29) is 30.1 Å². The summed E-state index contributed by atoms with van der Waals surface area (Å²) < 4.78 is 0. The molecule has 1 fully saturated rings. The molecule has 118 valence electrons. The number of carbonyl (C=O) groups excluding carboxylic acids is 1. The molecule has 1 rings (SSSR count). The highest BCUT2D eigenvalue weighted by Crippen LogP contribution is 2.19. The van der Waals surface area contributed by atoms with E-state index in [1.54, 1.807) is 0 Å². The third-order valence-electron chi connectivity index (χ3n) is 3.82. The highest BCUT2D eigenvalue weighted by atomic mass is 16.3. The quantitative estimate of drug-likeness (QED) is 0.777. The minimum absolute atomic E-state index is 0.160. The van der Waals surface area contributed by atoms with Crippen molar-refractivity contribution in [2.45, 2.75) is 58.3 Å². The maximum Gasteiger partial charge on any atom is 0.237 e. The van der Waals surface area contributed by atoms with Crippen LogP contribution in [0.4, 0.5) is 0 Å². The lowest BCUT2D eigenvalue weighted by molar-refractivity contribution is -0.136. The summed E-state index contributed by atoms with van der Waals surface area (Å²) in [5.41, 5.74) is 0.